The molecule has 8 rings (SSSR count). The number of fused-ring (bicyclic) bond motifs is 4. The zero-order valence-electron chi connectivity index (χ0n) is 22.0. The molecule has 0 heteroatoms. The highest BCUT2D eigenvalue weighted by molar-refractivity contribution is 6.25. The molecule has 8 aromatic rings. The van der Waals surface area contributed by atoms with Gasteiger partial charge in [0.1, 0.15) is 0 Å². The fourth-order valence-corrected chi connectivity index (χ4v) is 6.57. The first-order chi connectivity index (χ1) is 19.9. The van der Waals surface area contributed by atoms with Crippen molar-refractivity contribution in [1.29, 1.82) is 0 Å². The number of hydrogen-bond donors (Lipinski definition) is 0. The lowest BCUT2D eigenvalue weighted by atomic mass is 9.83. The summed E-state index contributed by atoms with van der Waals surface area (Å²) >= 11 is 0. The topological polar surface area (TPSA) is 0 Å². The van der Waals surface area contributed by atoms with Crippen LogP contribution in [0.25, 0.3) is 76.5 Å². The van der Waals surface area contributed by atoms with Gasteiger partial charge in [0.25, 0.3) is 0 Å². The van der Waals surface area contributed by atoms with Crippen molar-refractivity contribution < 1.29 is 0 Å². The first-order valence-electron chi connectivity index (χ1n) is 13.9. The van der Waals surface area contributed by atoms with E-state index in [1.807, 2.05) is 0 Å². The van der Waals surface area contributed by atoms with Crippen molar-refractivity contribution >= 4 is 43.1 Å². The van der Waals surface area contributed by atoms with E-state index in [1.54, 1.807) is 0 Å². The predicted molar refractivity (Wildman–Crippen MR) is 173 cm³/mol. The van der Waals surface area contributed by atoms with Crippen molar-refractivity contribution in [3.63, 3.8) is 0 Å². The molecule has 0 nitrogen and oxygen atoms in total. The van der Waals surface area contributed by atoms with Crippen molar-refractivity contribution in [2.75, 3.05) is 0 Å². The molecular formula is C40H26. The Morgan fingerprint density at radius 2 is 0.700 bits per heavy atom. The van der Waals surface area contributed by atoms with Crippen molar-refractivity contribution in [1.82, 2.24) is 0 Å². The third-order valence-electron chi connectivity index (χ3n) is 8.25. The van der Waals surface area contributed by atoms with Crippen molar-refractivity contribution in [2.45, 2.75) is 0 Å². The van der Waals surface area contributed by atoms with Gasteiger partial charge in [-0.1, -0.05) is 158 Å². The highest BCUT2D eigenvalue weighted by Crippen LogP contribution is 2.47. The number of rotatable bonds is 3. The molecule has 0 unspecified atom stereocenters. The molecule has 0 saturated carbocycles. The van der Waals surface area contributed by atoms with E-state index in [1.165, 1.54) is 76.5 Å². The number of benzene rings is 8. The minimum absolute atomic E-state index is 1.25. The average Bonchev–Trinajstić information content (AvgIpc) is 3.03. The van der Waals surface area contributed by atoms with Crippen LogP contribution in [-0.2, 0) is 0 Å². The summed E-state index contributed by atoms with van der Waals surface area (Å²) in [6.45, 7) is 0. The second-order valence-electron chi connectivity index (χ2n) is 10.4. The molecular weight excluding hydrogens is 480 g/mol. The van der Waals surface area contributed by atoms with Gasteiger partial charge in [-0.25, -0.2) is 0 Å². The van der Waals surface area contributed by atoms with Crippen LogP contribution in [0.15, 0.2) is 158 Å². The van der Waals surface area contributed by atoms with E-state index in [2.05, 4.69) is 158 Å². The maximum Gasteiger partial charge on any atom is -0.00199 e. The summed E-state index contributed by atoms with van der Waals surface area (Å²) in [5.41, 5.74) is 7.65. The summed E-state index contributed by atoms with van der Waals surface area (Å²) in [7, 11) is 0. The molecule has 0 aliphatic carbocycles. The zero-order valence-corrected chi connectivity index (χ0v) is 22.0. The lowest BCUT2D eigenvalue weighted by Gasteiger charge is -2.20. The summed E-state index contributed by atoms with van der Waals surface area (Å²) in [4.78, 5) is 0. The van der Waals surface area contributed by atoms with Gasteiger partial charge in [-0.3, -0.25) is 0 Å². The molecule has 186 valence electrons. The monoisotopic (exact) mass is 506 g/mol. The summed E-state index contributed by atoms with van der Waals surface area (Å²) in [6.07, 6.45) is 0. The van der Waals surface area contributed by atoms with Gasteiger partial charge in [-0.05, 0) is 76.5 Å². The minimum atomic E-state index is 1.25. The van der Waals surface area contributed by atoms with E-state index in [0.29, 0.717) is 0 Å². The highest BCUT2D eigenvalue weighted by Gasteiger charge is 2.19. The average molecular weight is 507 g/mol. The molecule has 40 heavy (non-hydrogen) atoms. The molecule has 8 aromatic carbocycles. The second kappa shape index (κ2) is 9.22. The minimum Gasteiger partial charge on any atom is -0.0622 e. The summed E-state index contributed by atoms with van der Waals surface area (Å²) in [6, 6.07) is 57.5. The Balaban J connectivity index is 1.54. The molecule has 0 amide bonds. The van der Waals surface area contributed by atoms with E-state index in [4.69, 9.17) is 0 Å². The quantitative estimate of drug-likeness (QED) is 0.209. The van der Waals surface area contributed by atoms with Gasteiger partial charge in [0.15, 0.2) is 0 Å². The van der Waals surface area contributed by atoms with Gasteiger partial charge in [0.2, 0.25) is 0 Å². The molecule has 0 aromatic heterocycles. The van der Waals surface area contributed by atoms with Crippen LogP contribution in [0.3, 0.4) is 0 Å². The molecule has 0 atom stereocenters. The Morgan fingerprint density at radius 3 is 1.35 bits per heavy atom. The maximum atomic E-state index is 2.31. The van der Waals surface area contributed by atoms with E-state index in [0.717, 1.165) is 0 Å². The Labute approximate surface area is 233 Å². The normalized spacial score (nSPS) is 11.5. The first-order valence-corrected chi connectivity index (χ1v) is 13.9. The van der Waals surface area contributed by atoms with Crippen molar-refractivity contribution in [2.24, 2.45) is 0 Å². The lowest BCUT2D eigenvalue weighted by molar-refractivity contribution is 1.66. The standard InChI is InChI=1S/C40H26/c1-2-14-28(15-3-1)38-33-20-6-8-22-35(33)40(36-23-9-7-21-34(36)38)37-26-12-18-29-17-11-25-32(39(29)37)31-24-10-16-27-13-4-5-19-30(27)31/h1-26H. The zero-order chi connectivity index (χ0) is 26.5. The van der Waals surface area contributed by atoms with E-state index in [-0.39, 0.29) is 0 Å². The van der Waals surface area contributed by atoms with Gasteiger partial charge >= 0.3 is 0 Å². The summed E-state index contributed by atoms with van der Waals surface area (Å²) in [5, 5.41) is 10.2. The maximum absolute atomic E-state index is 2.31. The van der Waals surface area contributed by atoms with Gasteiger partial charge in [-0.2, -0.15) is 0 Å². The largest absolute Gasteiger partial charge is 0.0622 e. The molecule has 0 spiro atoms. The molecule has 0 N–H and O–H groups in total. The smallest absolute Gasteiger partial charge is 0.00199 e. The van der Waals surface area contributed by atoms with Crippen LogP contribution in [-0.4, -0.2) is 0 Å². The highest BCUT2D eigenvalue weighted by atomic mass is 14.2. The van der Waals surface area contributed by atoms with Gasteiger partial charge in [-0.15, -0.1) is 0 Å². The van der Waals surface area contributed by atoms with Crippen LogP contribution in [0.2, 0.25) is 0 Å². The lowest BCUT2D eigenvalue weighted by Crippen LogP contribution is -1.93. The molecule has 0 radical (unpaired) electrons. The van der Waals surface area contributed by atoms with Crippen LogP contribution >= 0.6 is 0 Å². The Morgan fingerprint density at radius 1 is 0.250 bits per heavy atom. The number of hydrogen-bond acceptors (Lipinski definition) is 0. The Kier molecular flexibility index (Phi) is 5.24. The summed E-state index contributed by atoms with van der Waals surface area (Å²) in [5.74, 6) is 0. The predicted octanol–water partition coefficient (Wildman–Crippen LogP) is 11.3. The van der Waals surface area contributed by atoms with Crippen LogP contribution in [0.4, 0.5) is 0 Å². The molecule has 0 aliphatic rings. The van der Waals surface area contributed by atoms with Gasteiger partial charge in [0.05, 0.1) is 0 Å². The molecule has 0 heterocycles. The van der Waals surface area contributed by atoms with Crippen LogP contribution in [0, 0.1) is 0 Å². The van der Waals surface area contributed by atoms with Crippen LogP contribution in [0.1, 0.15) is 0 Å². The Hall–Kier alpha value is -5.20. The Bertz CT molecular complexity index is 2140. The first kappa shape index (κ1) is 22.8. The van der Waals surface area contributed by atoms with E-state index < -0.39 is 0 Å². The van der Waals surface area contributed by atoms with E-state index >= 15 is 0 Å². The second-order valence-corrected chi connectivity index (χ2v) is 10.4. The van der Waals surface area contributed by atoms with Gasteiger partial charge < -0.3 is 0 Å². The van der Waals surface area contributed by atoms with Crippen LogP contribution in [0.5, 0.6) is 0 Å². The molecule has 0 bridgehead atoms. The summed E-state index contributed by atoms with van der Waals surface area (Å²) < 4.78 is 0. The van der Waals surface area contributed by atoms with Crippen molar-refractivity contribution in [3.8, 4) is 33.4 Å². The third kappa shape index (κ3) is 3.47. The van der Waals surface area contributed by atoms with E-state index in [9.17, 15) is 0 Å². The van der Waals surface area contributed by atoms with Crippen LogP contribution < -0.4 is 0 Å². The third-order valence-corrected chi connectivity index (χ3v) is 8.25. The fraction of sp³-hybridized carbons (Fsp3) is 0. The molecule has 0 fully saturated rings. The van der Waals surface area contributed by atoms with Crippen molar-refractivity contribution in [3.05, 3.63) is 158 Å². The molecule has 0 aliphatic heterocycles. The molecule has 0 saturated heterocycles. The fourth-order valence-electron chi connectivity index (χ4n) is 6.57. The van der Waals surface area contributed by atoms with Gasteiger partial charge in [0, 0.05) is 0 Å². The SMILES string of the molecule is c1ccc(-c2c3ccccc3c(-c3cccc4cccc(-c5cccc6ccccc56)c34)c3ccccc23)cc1.